The van der Waals surface area contributed by atoms with Crippen molar-refractivity contribution in [3.05, 3.63) is 34.3 Å². The lowest BCUT2D eigenvalue weighted by Gasteiger charge is -2.20. The molecule has 0 heterocycles. The van der Waals surface area contributed by atoms with E-state index in [2.05, 4.69) is 12.1 Å². The highest BCUT2D eigenvalue weighted by Gasteiger charge is 2.17. The van der Waals surface area contributed by atoms with E-state index in [1.54, 1.807) is 0 Å². The van der Waals surface area contributed by atoms with E-state index in [9.17, 15) is 0 Å². The van der Waals surface area contributed by atoms with Crippen molar-refractivity contribution in [3.8, 4) is 0 Å². The van der Waals surface area contributed by atoms with Crippen LogP contribution < -0.4 is 5.73 Å². The maximum absolute atomic E-state index is 6.34. The molecule has 2 rings (SSSR count). The number of nitrogens with two attached hydrogens (primary N) is 1. The topological polar surface area (TPSA) is 26.0 Å². The predicted octanol–water partition coefficient (Wildman–Crippen LogP) is 5.01. The number of halogens is 1. The van der Waals surface area contributed by atoms with Crippen LogP contribution in [-0.2, 0) is 0 Å². The fourth-order valence-corrected chi connectivity index (χ4v) is 3.12. The molecule has 1 aromatic rings. The number of benzene rings is 1. The molecule has 1 aliphatic carbocycles. The Labute approximate surface area is 116 Å². The van der Waals surface area contributed by atoms with E-state index < -0.39 is 0 Å². The van der Waals surface area contributed by atoms with Gasteiger partial charge in [-0.2, -0.15) is 0 Å². The summed E-state index contributed by atoms with van der Waals surface area (Å²) in [6.07, 6.45) is 9.39. The minimum atomic E-state index is 0.145. The zero-order chi connectivity index (χ0) is 13.0. The maximum Gasteiger partial charge on any atom is 0.0438 e. The van der Waals surface area contributed by atoms with Gasteiger partial charge in [0.15, 0.2) is 0 Å². The van der Waals surface area contributed by atoms with E-state index in [0.29, 0.717) is 0 Å². The Hall–Kier alpha value is -0.530. The van der Waals surface area contributed by atoms with Gasteiger partial charge in [-0.15, -0.1) is 0 Å². The SMILES string of the molecule is Cc1ccc(C(N)CC2CCCCCC2)cc1Cl. The first-order valence-corrected chi connectivity index (χ1v) is 7.56. The molecular weight excluding hydrogens is 242 g/mol. The highest BCUT2D eigenvalue weighted by Crippen LogP contribution is 2.31. The van der Waals surface area contributed by atoms with E-state index >= 15 is 0 Å². The number of rotatable bonds is 3. The Morgan fingerprint density at radius 3 is 2.50 bits per heavy atom. The van der Waals surface area contributed by atoms with Gasteiger partial charge in [-0.05, 0) is 36.5 Å². The van der Waals surface area contributed by atoms with E-state index in [1.165, 1.54) is 44.1 Å². The van der Waals surface area contributed by atoms with Crippen molar-refractivity contribution in [1.82, 2.24) is 0 Å². The normalized spacial score (nSPS) is 19.5. The summed E-state index contributed by atoms with van der Waals surface area (Å²) in [5, 5.41) is 0.837. The summed E-state index contributed by atoms with van der Waals surface area (Å²) in [5.41, 5.74) is 8.65. The van der Waals surface area contributed by atoms with Crippen LogP contribution in [0, 0.1) is 12.8 Å². The molecule has 100 valence electrons. The van der Waals surface area contributed by atoms with Crippen LogP contribution in [0.4, 0.5) is 0 Å². The first-order valence-electron chi connectivity index (χ1n) is 7.18. The minimum Gasteiger partial charge on any atom is -0.324 e. The van der Waals surface area contributed by atoms with Crippen LogP contribution >= 0.6 is 11.6 Å². The minimum absolute atomic E-state index is 0.145. The largest absolute Gasteiger partial charge is 0.324 e. The zero-order valence-electron chi connectivity index (χ0n) is 11.3. The van der Waals surface area contributed by atoms with Gasteiger partial charge < -0.3 is 5.73 Å². The molecule has 1 nitrogen and oxygen atoms in total. The van der Waals surface area contributed by atoms with Crippen LogP contribution in [0.3, 0.4) is 0 Å². The lowest BCUT2D eigenvalue weighted by atomic mass is 9.90. The van der Waals surface area contributed by atoms with Crippen LogP contribution in [0.25, 0.3) is 0 Å². The summed E-state index contributed by atoms with van der Waals surface area (Å²) in [7, 11) is 0. The third-order valence-corrected chi connectivity index (χ3v) is 4.59. The van der Waals surface area contributed by atoms with Crippen LogP contribution in [0.5, 0.6) is 0 Å². The molecule has 0 aromatic heterocycles. The van der Waals surface area contributed by atoms with Gasteiger partial charge in [0.25, 0.3) is 0 Å². The van der Waals surface area contributed by atoms with Gasteiger partial charge in [0.2, 0.25) is 0 Å². The molecule has 2 N–H and O–H groups in total. The molecule has 1 saturated carbocycles. The van der Waals surface area contributed by atoms with Gasteiger partial charge in [0.05, 0.1) is 0 Å². The Morgan fingerprint density at radius 2 is 1.89 bits per heavy atom. The van der Waals surface area contributed by atoms with E-state index in [-0.39, 0.29) is 6.04 Å². The maximum atomic E-state index is 6.34. The molecule has 18 heavy (non-hydrogen) atoms. The van der Waals surface area contributed by atoms with Crippen LogP contribution in [0.1, 0.15) is 62.1 Å². The van der Waals surface area contributed by atoms with Gasteiger partial charge in [0.1, 0.15) is 0 Å². The smallest absolute Gasteiger partial charge is 0.0438 e. The highest BCUT2D eigenvalue weighted by molar-refractivity contribution is 6.31. The molecule has 1 fully saturated rings. The Morgan fingerprint density at radius 1 is 1.22 bits per heavy atom. The fraction of sp³-hybridized carbons (Fsp3) is 0.625. The van der Waals surface area contributed by atoms with E-state index in [0.717, 1.165) is 22.9 Å². The highest BCUT2D eigenvalue weighted by atomic mass is 35.5. The van der Waals surface area contributed by atoms with Crippen molar-refractivity contribution >= 4 is 11.6 Å². The average molecular weight is 266 g/mol. The Balaban J connectivity index is 1.97. The van der Waals surface area contributed by atoms with Crippen LogP contribution in [0.15, 0.2) is 18.2 Å². The lowest BCUT2D eigenvalue weighted by molar-refractivity contribution is 0.393. The summed E-state index contributed by atoms with van der Waals surface area (Å²) in [5.74, 6) is 0.808. The second-order valence-corrected chi connectivity index (χ2v) is 6.12. The molecule has 1 aliphatic rings. The van der Waals surface area contributed by atoms with Crippen molar-refractivity contribution < 1.29 is 0 Å². The number of aryl methyl sites for hydroxylation is 1. The zero-order valence-corrected chi connectivity index (χ0v) is 12.0. The quantitative estimate of drug-likeness (QED) is 0.764. The van der Waals surface area contributed by atoms with Gasteiger partial charge in [-0.25, -0.2) is 0 Å². The van der Waals surface area contributed by atoms with Crippen LogP contribution in [0.2, 0.25) is 5.02 Å². The average Bonchev–Trinajstić information content (AvgIpc) is 2.61. The monoisotopic (exact) mass is 265 g/mol. The number of hydrogen-bond acceptors (Lipinski definition) is 1. The van der Waals surface area contributed by atoms with Crippen molar-refractivity contribution in [2.24, 2.45) is 11.7 Å². The first-order chi connectivity index (χ1) is 8.66. The predicted molar refractivity (Wildman–Crippen MR) is 78.9 cm³/mol. The molecule has 0 aliphatic heterocycles. The summed E-state index contributed by atoms with van der Waals surface area (Å²) in [6.45, 7) is 2.03. The van der Waals surface area contributed by atoms with Crippen molar-refractivity contribution in [3.63, 3.8) is 0 Å². The fourth-order valence-electron chi connectivity index (χ4n) is 2.93. The molecule has 1 aromatic carbocycles. The van der Waals surface area contributed by atoms with E-state index in [4.69, 9.17) is 17.3 Å². The first kappa shape index (κ1) is 13.9. The third kappa shape index (κ3) is 3.73. The summed E-state index contributed by atoms with van der Waals surface area (Å²) < 4.78 is 0. The Bertz CT molecular complexity index is 381. The van der Waals surface area contributed by atoms with Gasteiger partial charge in [-0.1, -0.05) is 62.3 Å². The summed E-state index contributed by atoms with van der Waals surface area (Å²) in [4.78, 5) is 0. The van der Waals surface area contributed by atoms with Gasteiger partial charge >= 0.3 is 0 Å². The van der Waals surface area contributed by atoms with Crippen molar-refractivity contribution in [1.29, 1.82) is 0 Å². The molecule has 2 heteroatoms. The summed E-state index contributed by atoms with van der Waals surface area (Å²) >= 11 is 6.17. The second kappa shape index (κ2) is 6.58. The number of hydrogen-bond donors (Lipinski definition) is 1. The van der Waals surface area contributed by atoms with Gasteiger partial charge in [0, 0.05) is 11.1 Å². The lowest BCUT2D eigenvalue weighted by Crippen LogP contribution is -2.15. The van der Waals surface area contributed by atoms with Gasteiger partial charge in [-0.3, -0.25) is 0 Å². The third-order valence-electron chi connectivity index (χ3n) is 4.19. The van der Waals surface area contributed by atoms with Crippen LogP contribution in [-0.4, -0.2) is 0 Å². The molecule has 1 atom stereocenters. The molecule has 0 bridgehead atoms. The standard InChI is InChI=1S/C16H24ClN/c1-12-8-9-14(11-15(12)17)16(18)10-13-6-4-2-3-5-7-13/h8-9,11,13,16H,2-7,10,18H2,1H3. The summed E-state index contributed by atoms with van der Waals surface area (Å²) in [6, 6.07) is 6.39. The molecular formula is C16H24ClN. The van der Waals surface area contributed by atoms with E-state index in [1.807, 2.05) is 13.0 Å². The molecule has 0 spiro atoms. The Kier molecular flexibility index (Phi) is 5.08. The van der Waals surface area contributed by atoms with Crippen molar-refractivity contribution in [2.75, 3.05) is 0 Å². The molecule has 1 unspecified atom stereocenters. The second-order valence-electron chi connectivity index (χ2n) is 5.71. The molecule has 0 amide bonds. The molecule has 0 saturated heterocycles. The molecule has 0 radical (unpaired) electrons. The van der Waals surface area contributed by atoms with Crippen molar-refractivity contribution in [2.45, 2.75) is 57.9 Å².